The van der Waals surface area contributed by atoms with E-state index >= 15 is 4.39 Å². The molecular weight excluding hydrogens is 475 g/mol. The second-order valence-corrected chi connectivity index (χ2v) is 10.2. The first-order valence-corrected chi connectivity index (χ1v) is 12.6. The second-order valence-electron chi connectivity index (χ2n) is 10.2. The maximum absolute atomic E-state index is 15.4. The van der Waals surface area contributed by atoms with Crippen molar-refractivity contribution in [2.24, 2.45) is 17.8 Å². The Morgan fingerprint density at radius 3 is 2.81 bits per heavy atom. The van der Waals surface area contributed by atoms with Crippen LogP contribution in [0.5, 0.6) is 5.88 Å². The molecule has 1 aromatic carbocycles. The first kappa shape index (κ1) is 23.4. The normalized spacial score (nSPS) is 23.8. The zero-order valence-electron chi connectivity index (χ0n) is 20.7. The zero-order valence-corrected chi connectivity index (χ0v) is 20.7. The average Bonchev–Trinajstić information content (AvgIpc) is 3.60. The van der Waals surface area contributed by atoms with Crippen LogP contribution in [0.2, 0.25) is 0 Å². The monoisotopic (exact) mass is 504 g/mol. The van der Waals surface area contributed by atoms with Crippen molar-refractivity contribution in [3.8, 4) is 17.0 Å². The predicted octanol–water partition coefficient (Wildman–Crippen LogP) is 3.62. The standard InChI is InChI=1S/C27H29FN6O3/c1-12-19(10-32-27-25(12)30-5-6-37-27)18-7-14-8-21(31-11-20(14)24(29)23(18)28)34-26(36)22-16-4-3-15(9-17(16)22)33-13(2)35/h7-8,10-11,15-17,22,30H,3-6,9,29H2,1-2H3,(H,33,35)(H,31,34,36)/t15-,16+,17-,22+/m1/s1. The lowest BCUT2D eigenvalue weighted by Gasteiger charge is -2.22. The van der Waals surface area contributed by atoms with Crippen molar-refractivity contribution in [3.05, 3.63) is 35.9 Å². The van der Waals surface area contributed by atoms with Crippen LogP contribution in [0.25, 0.3) is 21.9 Å². The Labute approximate surface area is 213 Å². The number of rotatable bonds is 4. The predicted molar refractivity (Wildman–Crippen MR) is 139 cm³/mol. The number of nitrogens with zero attached hydrogens (tertiary/aromatic N) is 2. The van der Waals surface area contributed by atoms with Gasteiger partial charge in [-0.1, -0.05) is 0 Å². The SMILES string of the molecule is CC(=O)N[C@@H]1CC[C@H]2[C@@H](C1)[C@H]2C(=O)Nc1cc2cc(-c3cnc4c(c3C)NCCO4)c(F)c(N)c2cn1. The number of hydrogen-bond acceptors (Lipinski definition) is 7. The highest BCUT2D eigenvalue weighted by Crippen LogP contribution is 2.55. The van der Waals surface area contributed by atoms with Crippen LogP contribution in [0, 0.1) is 30.5 Å². The molecule has 10 heteroatoms. The minimum atomic E-state index is -0.538. The van der Waals surface area contributed by atoms with Gasteiger partial charge in [-0.15, -0.1) is 0 Å². The van der Waals surface area contributed by atoms with Gasteiger partial charge in [-0.25, -0.2) is 14.4 Å². The fourth-order valence-electron chi connectivity index (χ4n) is 6.07. The highest BCUT2D eigenvalue weighted by atomic mass is 19.1. The van der Waals surface area contributed by atoms with Gasteiger partial charge in [-0.2, -0.15) is 0 Å². The molecule has 2 saturated carbocycles. The zero-order chi connectivity index (χ0) is 25.8. The van der Waals surface area contributed by atoms with Gasteiger partial charge in [0.2, 0.25) is 17.7 Å². The number of carbonyl (C=O) groups is 2. The van der Waals surface area contributed by atoms with Crippen molar-refractivity contribution in [2.75, 3.05) is 29.5 Å². The molecule has 4 atom stereocenters. The van der Waals surface area contributed by atoms with Crippen molar-refractivity contribution < 1.29 is 18.7 Å². The molecule has 3 heterocycles. The number of anilines is 3. The number of nitrogens with one attached hydrogen (secondary N) is 3. The van der Waals surface area contributed by atoms with Gasteiger partial charge in [-0.05, 0) is 61.1 Å². The topological polar surface area (TPSA) is 131 Å². The van der Waals surface area contributed by atoms with Gasteiger partial charge in [0, 0.05) is 54.3 Å². The maximum Gasteiger partial charge on any atom is 0.237 e. The van der Waals surface area contributed by atoms with Crippen LogP contribution < -0.4 is 26.4 Å². The third-order valence-electron chi connectivity index (χ3n) is 7.93. The van der Waals surface area contributed by atoms with Crippen LogP contribution in [0.1, 0.15) is 31.7 Å². The summed E-state index contributed by atoms with van der Waals surface area (Å²) in [5.41, 5.74) is 8.69. The minimum absolute atomic E-state index is 0.00330. The third kappa shape index (κ3) is 4.10. The van der Waals surface area contributed by atoms with Crippen LogP contribution >= 0.6 is 0 Å². The van der Waals surface area contributed by atoms with E-state index in [0.29, 0.717) is 52.7 Å². The largest absolute Gasteiger partial charge is 0.474 e. The lowest BCUT2D eigenvalue weighted by Crippen LogP contribution is -2.35. The average molecular weight is 505 g/mol. The summed E-state index contributed by atoms with van der Waals surface area (Å²) in [6.45, 7) is 4.58. The maximum atomic E-state index is 15.4. The van der Waals surface area contributed by atoms with Crippen molar-refractivity contribution in [3.63, 3.8) is 0 Å². The summed E-state index contributed by atoms with van der Waals surface area (Å²) < 4.78 is 21.0. The van der Waals surface area contributed by atoms with Crippen molar-refractivity contribution in [2.45, 2.75) is 39.2 Å². The molecule has 192 valence electrons. The molecule has 0 bridgehead atoms. The second kappa shape index (κ2) is 8.86. The fourth-order valence-corrected chi connectivity index (χ4v) is 6.07. The van der Waals surface area contributed by atoms with Gasteiger partial charge in [0.1, 0.15) is 18.1 Å². The molecule has 0 unspecified atom stereocenters. The number of hydrogen-bond donors (Lipinski definition) is 4. The van der Waals surface area contributed by atoms with E-state index in [1.807, 2.05) is 6.92 Å². The molecule has 1 aliphatic heterocycles. The summed E-state index contributed by atoms with van der Waals surface area (Å²) in [7, 11) is 0. The summed E-state index contributed by atoms with van der Waals surface area (Å²) in [5, 5.41) is 10.3. The van der Waals surface area contributed by atoms with Gasteiger partial charge < -0.3 is 26.4 Å². The lowest BCUT2D eigenvalue weighted by atomic mass is 9.95. The lowest BCUT2D eigenvalue weighted by molar-refractivity contribution is -0.120. The number of benzene rings is 1. The molecular formula is C27H29FN6O3. The Kier molecular flexibility index (Phi) is 5.62. The number of aromatic nitrogens is 2. The van der Waals surface area contributed by atoms with E-state index < -0.39 is 5.82 Å². The molecule has 2 fully saturated rings. The number of amides is 2. The van der Waals surface area contributed by atoms with E-state index in [1.54, 1.807) is 18.3 Å². The number of nitrogen functional groups attached to an aromatic ring is 1. The summed E-state index contributed by atoms with van der Waals surface area (Å²) in [6, 6.07) is 3.57. The Hall–Kier alpha value is -3.95. The van der Waals surface area contributed by atoms with E-state index in [4.69, 9.17) is 10.5 Å². The van der Waals surface area contributed by atoms with Gasteiger partial charge >= 0.3 is 0 Å². The number of nitrogens with two attached hydrogens (primary N) is 1. The van der Waals surface area contributed by atoms with E-state index in [0.717, 1.165) is 30.5 Å². The fraction of sp³-hybridized carbons (Fsp3) is 0.407. The summed E-state index contributed by atoms with van der Waals surface area (Å²) in [4.78, 5) is 33.1. The van der Waals surface area contributed by atoms with Crippen LogP contribution in [0.3, 0.4) is 0 Å². The smallest absolute Gasteiger partial charge is 0.237 e. The van der Waals surface area contributed by atoms with E-state index in [-0.39, 0.29) is 35.4 Å². The van der Waals surface area contributed by atoms with Gasteiger partial charge in [0.15, 0.2) is 5.82 Å². The minimum Gasteiger partial charge on any atom is -0.474 e. The van der Waals surface area contributed by atoms with Crippen molar-refractivity contribution in [1.82, 2.24) is 15.3 Å². The molecule has 0 spiro atoms. The molecule has 2 aliphatic carbocycles. The Morgan fingerprint density at radius 2 is 2.00 bits per heavy atom. The number of carbonyl (C=O) groups excluding carboxylic acids is 2. The molecule has 9 nitrogen and oxygen atoms in total. The number of fused-ring (bicyclic) bond motifs is 3. The molecule has 0 radical (unpaired) electrons. The number of pyridine rings is 2. The van der Waals surface area contributed by atoms with Crippen molar-refractivity contribution >= 4 is 39.8 Å². The first-order chi connectivity index (χ1) is 17.8. The summed E-state index contributed by atoms with van der Waals surface area (Å²) in [6.07, 6.45) is 5.73. The van der Waals surface area contributed by atoms with Crippen LogP contribution in [0.4, 0.5) is 21.6 Å². The van der Waals surface area contributed by atoms with Gasteiger partial charge in [0.05, 0.1) is 5.69 Å². The summed E-state index contributed by atoms with van der Waals surface area (Å²) in [5.74, 6) is 0.797. The van der Waals surface area contributed by atoms with Crippen LogP contribution in [-0.2, 0) is 9.59 Å². The van der Waals surface area contributed by atoms with E-state index in [1.165, 1.54) is 13.1 Å². The molecule has 3 aliphatic rings. The molecule has 6 rings (SSSR count). The highest BCUT2D eigenvalue weighted by molar-refractivity contribution is 6.01. The quantitative estimate of drug-likeness (QED) is 0.399. The molecule has 3 aromatic rings. The van der Waals surface area contributed by atoms with Crippen LogP contribution in [-0.4, -0.2) is 41.0 Å². The number of halogens is 1. The van der Waals surface area contributed by atoms with E-state index in [2.05, 4.69) is 25.9 Å². The Bertz CT molecular complexity index is 1440. The van der Waals surface area contributed by atoms with Gasteiger partial charge in [0.25, 0.3) is 0 Å². The summed E-state index contributed by atoms with van der Waals surface area (Å²) >= 11 is 0. The van der Waals surface area contributed by atoms with Crippen LogP contribution in [0.15, 0.2) is 24.5 Å². The van der Waals surface area contributed by atoms with E-state index in [9.17, 15) is 9.59 Å². The Balaban J connectivity index is 1.26. The Morgan fingerprint density at radius 1 is 1.16 bits per heavy atom. The van der Waals surface area contributed by atoms with Crippen molar-refractivity contribution in [1.29, 1.82) is 0 Å². The first-order valence-electron chi connectivity index (χ1n) is 12.6. The molecule has 37 heavy (non-hydrogen) atoms. The highest BCUT2D eigenvalue weighted by Gasteiger charge is 2.56. The molecule has 5 N–H and O–H groups in total. The molecule has 0 saturated heterocycles. The van der Waals surface area contributed by atoms with Gasteiger partial charge in [-0.3, -0.25) is 9.59 Å². The third-order valence-corrected chi connectivity index (χ3v) is 7.93. The molecule has 2 aromatic heterocycles. The number of ether oxygens (including phenoxy) is 1. The molecule has 2 amide bonds.